The lowest BCUT2D eigenvalue weighted by molar-refractivity contribution is 0.0320. The fourth-order valence-electron chi connectivity index (χ4n) is 3.39. The Bertz CT molecular complexity index is 1250. The maximum atomic E-state index is 13.1. The highest BCUT2D eigenvalue weighted by atomic mass is 16.5. The molecule has 0 aliphatic rings. The molecule has 31 heavy (non-hydrogen) atoms. The second-order valence-corrected chi connectivity index (χ2v) is 7.08. The number of ketones is 1. The van der Waals surface area contributed by atoms with Crippen LogP contribution in [0.25, 0.3) is 22.2 Å². The number of rotatable bonds is 6. The summed E-state index contributed by atoms with van der Waals surface area (Å²) in [6, 6.07) is 25.5. The van der Waals surface area contributed by atoms with Gasteiger partial charge < -0.3 is 9.47 Å². The quantitative estimate of drug-likeness (QED) is 0.317. The Morgan fingerprint density at radius 2 is 1.61 bits per heavy atom. The number of carbonyl (C=O) groups is 2. The lowest BCUT2D eigenvalue weighted by atomic mass is 10.0. The molecule has 0 aliphatic heterocycles. The third kappa shape index (κ3) is 4.31. The highest BCUT2D eigenvalue weighted by Gasteiger charge is 2.23. The minimum absolute atomic E-state index is 0.297. The van der Waals surface area contributed by atoms with Crippen molar-refractivity contribution < 1.29 is 19.1 Å². The van der Waals surface area contributed by atoms with E-state index in [1.807, 2.05) is 54.6 Å². The van der Waals surface area contributed by atoms with Gasteiger partial charge in [0.25, 0.3) is 0 Å². The molecule has 0 N–H and O–H groups in total. The first-order valence-corrected chi connectivity index (χ1v) is 9.91. The summed E-state index contributed by atoms with van der Waals surface area (Å²) in [5.41, 5.74) is 3.03. The maximum absolute atomic E-state index is 13.1. The molecule has 0 saturated heterocycles. The predicted octanol–water partition coefficient (Wildman–Crippen LogP) is 5.34. The largest absolute Gasteiger partial charge is 0.497 e. The summed E-state index contributed by atoms with van der Waals surface area (Å²) in [7, 11) is 1.53. The van der Waals surface area contributed by atoms with Crippen molar-refractivity contribution >= 4 is 22.7 Å². The zero-order valence-corrected chi connectivity index (χ0v) is 17.2. The Labute approximate surface area is 180 Å². The van der Waals surface area contributed by atoms with Crippen LogP contribution in [0.1, 0.15) is 27.6 Å². The number of ether oxygens (including phenoxy) is 2. The molecule has 1 aromatic heterocycles. The zero-order chi connectivity index (χ0) is 21.8. The van der Waals surface area contributed by atoms with Crippen molar-refractivity contribution in [2.24, 2.45) is 0 Å². The average Bonchev–Trinajstić information content (AvgIpc) is 2.83. The summed E-state index contributed by atoms with van der Waals surface area (Å²) in [6.07, 6.45) is -0.952. The minimum atomic E-state index is -0.952. The molecule has 4 rings (SSSR count). The lowest BCUT2D eigenvalue weighted by Crippen LogP contribution is -2.24. The average molecular weight is 411 g/mol. The molecule has 1 heterocycles. The van der Waals surface area contributed by atoms with E-state index in [9.17, 15) is 9.59 Å². The van der Waals surface area contributed by atoms with Crippen LogP contribution >= 0.6 is 0 Å². The van der Waals surface area contributed by atoms with Gasteiger partial charge in [-0.3, -0.25) is 4.79 Å². The number of para-hydroxylation sites is 1. The molecule has 5 nitrogen and oxygen atoms in total. The van der Waals surface area contributed by atoms with Crippen LogP contribution in [0.4, 0.5) is 0 Å². The Morgan fingerprint density at radius 1 is 0.871 bits per heavy atom. The molecule has 1 atom stereocenters. The normalized spacial score (nSPS) is 11.7. The topological polar surface area (TPSA) is 65.5 Å². The fraction of sp³-hybridized carbons (Fsp3) is 0.115. The second kappa shape index (κ2) is 8.79. The molecule has 0 unspecified atom stereocenters. The van der Waals surface area contributed by atoms with Crippen molar-refractivity contribution in [3.63, 3.8) is 0 Å². The van der Waals surface area contributed by atoms with E-state index in [0.29, 0.717) is 33.5 Å². The van der Waals surface area contributed by atoms with E-state index >= 15 is 0 Å². The molecule has 5 heteroatoms. The lowest BCUT2D eigenvalue weighted by Gasteiger charge is -2.15. The number of pyridine rings is 1. The number of hydrogen-bond donors (Lipinski definition) is 0. The summed E-state index contributed by atoms with van der Waals surface area (Å²) < 4.78 is 10.7. The Kier molecular flexibility index (Phi) is 5.76. The van der Waals surface area contributed by atoms with Crippen molar-refractivity contribution in [2.75, 3.05) is 7.11 Å². The van der Waals surface area contributed by atoms with Gasteiger partial charge in [-0.2, -0.15) is 0 Å². The van der Waals surface area contributed by atoms with Crippen molar-refractivity contribution in [2.45, 2.75) is 13.0 Å². The van der Waals surface area contributed by atoms with Crippen LogP contribution in [-0.4, -0.2) is 30.0 Å². The van der Waals surface area contributed by atoms with Crippen LogP contribution in [0, 0.1) is 0 Å². The zero-order valence-electron chi connectivity index (χ0n) is 17.2. The third-order valence-electron chi connectivity index (χ3n) is 5.01. The number of benzene rings is 3. The van der Waals surface area contributed by atoms with E-state index in [2.05, 4.69) is 4.98 Å². The minimum Gasteiger partial charge on any atom is -0.497 e. The molecule has 0 bridgehead atoms. The molecule has 154 valence electrons. The molecular weight excluding hydrogens is 390 g/mol. The summed E-state index contributed by atoms with van der Waals surface area (Å²) in [6.45, 7) is 1.57. The number of Topliss-reactive ketones (excluding diaryl/α,β-unsaturated/α-hetero) is 1. The van der Waals surface area contributed by atoms with Gasteiger partial charge >= 0.3 is 5.97 Å². The van der Waals surface area contributed by atoms with Crippen molar-refractivity contribution in [1.82, 2.24) is 4.98 Å². The van der Waals surface area contributed by atoms with E-state index in [1.165, 1.54) is 7.11 Å². The molecule has 4 aromatic rings. The number of hydrogen-bond acceptors (Lipinski definition) is 5. The van der Waals surface area contributed by atoms with Gasteiger partial charge in [-0.25, -0.2) is 9.78 Å². The van der Waals surface area contributed by atoms with Gasteiger partial charge in [-0.05, 0) is 31.2 Å². The Balaban J connectivity index is 1.66. The number of methoxy groups -OCH3 is 1. The fourth-order valence-corrected chi connectivity index (χ4v) is 3.39. The molecule has 0 aliphatic carbocycles. The van der Waals surface area contributed by atoms with Gasteiger partial charge in [0.05, 0.1) is 23.9 Å². The van der Waals surface area contributed by atoms with Crippen LogP contribution in [0.5, 0.6) is 5.75 Å². The van der Waals surface area contributed by atoms with Gasteiger partial charge in [0.2, 0.25) is 5.78 Å². The van der Waals surface area contributed by atoms with Crippen LogP contribution in [-0.2, 0) is 4.74 Å². The first kappa shape index (κ1) is 20.3. The van der Waals surface area contributed by atoms with Crippen LogP contribution < -0.4 is 4.74 Å². The first-order chi connectivity index (χ1) is 15.1. The van der Waals surface area contributed by atoms with E-state index in [-0.39, 0.29) is 5.78 Å². The van der Waals surface area contributed by atoms with Gasteiger partial charge in [-0.15, -0.1) is 0 Å². The molecule has 0 spiro atoms. The summed E-state index contributed by atoms with van der Waals surface area (Å²) >= 11 is 0. The van der Waals surface area contributed by atoms with Gasteiger partial charge in [0.1, 0.15) is 5.75 Å². The van der Waals surface area contributed by atoms with Crippen LogP contribution in [0.15, 0.2) is 84.9 Å². The highest BCUT2D eigenvalue weighted by Crippen LogP contribution is 2.26. The number of nitrogens with zero attached hydrogens (tertiary/aromatic N) is 1. The van der Waals surface area contributed by atoms with Crippen molar-refractivity contribution in [1.29, 1.82) is 0 Å². The highest BCUT2D eigenvalue weighted by molar-refractivity contribution is 6.06. The standard InChI is InChI=1S/C26H21NO4/c1-17(25(28)19-11-8-12-20(15-19)30-2)31-26(29)22-16-24(18-9-4-3-5-10-18)27-23-14-7-6-13-21(22)23/h3-17H,1-2H3/t17-/m1/s1. The second-order valence-electron chi connectivity index (χ2n) is 7.08. The van der Waals surface area contributed by atoms with E-state index in [0.717, 1.165) is 5.56 Å². The van der Waals surface area contributed by atoms with E-state index in [4.69, 9.17) is 9.47 Å². The molecule has 0 saturated carbocycles. The number of fused-ring (bicyclic) bond motifs is 1. The summed E-state index contributed by atoms with van der Waals surface area (Å²) in [5, 5.41) is 0.674. The monoisotopic (exact) mass is 411 g/mol. The molecule has 0 radical (unpaired) electrons. The third-order valence-corrected chi connectivity index (χ3v) is 5.01. The van der Waals surface area contributed by atoms with Gasteiger partial charge in [0, 0.05) is 16.5 Å². The Morgan fingerprint density at radius 3 is 2.39 bits per heavy atom. The number of carbonyl (C=O) groups excluding carboxylic acids is 2. The molecular formula is C26H21NO4. The molecule has 0 fully saturated rings. The summed E-state index contributed by atoms with van der Waals surface area (Å²) in [5.74, 6) is -0.301. The van der Waals surface area contributed by atoms with Gasteiger partial charge in [-0.1, -0.05) is 60.7 Å². The van der Waals surface area contributed by atoms with Gasteiger partial charge in [0.15, 0.2) is 6.10 Å². The number of aromatic nitrogens is 1. The first-order valence-electron chi connectivity index (χ1n) is 9.91. The molecule has 3 aromatic carbocycles. The predicted molar refractivity (Wildman–Crippen MR) is 119 cm³/mol. The SMILES string of the molecule is COc1cccc(C(=O)[C@@H](C)OC(=O)c2cc(-c3ccccc3)nc3ccccc23)c1. The smallest absolute Gasteiger partial charge is 0.339 e. The van der Waals surface area contributed by atoms with Crippen LogP contribution in [0.3, 0.4) is 0 Å². The van der Waals surface area contributed by atoms with Crippen molar-refractivity contribution in [3.8, 4) is 17.0 Å². The molecule has 0 amide bonds. The number of esters is 1. The maximum Gasteiger partial charge on any atom is 0.339 e. The van der Waals surface area contributed by atoms with E-state index < -0.39 is 12.1 Å². The Hall–Kier alpha value is -3.99. The van der Waals surface area contributed by atoms with E-state index in [1.54, 1.807) is 37.3 Å². The van der Waals surface area contributed by atoms with Crippen LogP contribution in [0.2, 0.25) is 0 Å². The summed E-state index contributed by atoms with van der Waals surface area (Å²) in [4.78, 5) is 30.6. The van der Waals surface area contributed by atoms with Crippen molar-refractivity contribution in [3.05, 3.63) is 96.1 Å².